The second kappa shape index (κ2) is 5.51. The molecule has 1 aliphatic carbocycles. The minimum Gasteiger partial charge on any atom is -0.497 e. The van der Waals surface area contributed by atoms with E-state index in [1.807, 2.05) is 0 Å². The number of ether oxygens (including phenoxy) is 2. The number of carbonyl (C=O) groups excluding carboxylic acids is 1. The summed E-state index contributed by atoms with van der Waals surface area (Å²) >= 11 is 0. The highest BCUT2D eigenvalue weighted by Gasteiger charge is 2.47. The normalized spacial score (nSPS) is 16.9. The summed E-state index contributed by atoms with van der Waals surface area (Å²) in [6.45, 7) is 1.79. The van der Waals surface area contributed by atoms with E-state index in [4.69, 9.17) is 14.7 Å². The van der Waals surface area contributed by atoms with Crippen LogP contribution in [0.5, 0.6) is 5.75 Å². The molecule has 1 N–H and O–H groups in total. The van der Waals surface area contributed by atoms with Gasteiger partial charge in [0.1, 0.15) is 17.4 Å². The molecule has 1 fully saturated rings. The first kappa shape index (κ1) is 14.4. The summed E-state index contributed by atoms with van der Waals surface area (Å²) in [6.07, 6.45) is 1.98. The average molecular weight is 274 g/mol. The van der Waals surface area contributed by atoms with Crippen molar-refractivity contribution in [1.29, 1.82) is 5.26 Å². The summed E-state index contributed by atoms with van der Waals surface area (Å²) in [6, 6.07) is 7.02. The number of benzene rings is 1. The Hall–Kier alpha value is -2.06. The van der Waals surface area contributed by atoms with Crippen molar-refractivity contribution in [1.82, 2.24) is 0 Å². The predicted molar refractivity (Wildman–Crippen MR) is 74.5 cm³/mol. The molecule has 1 aliphatic rings. The standard InChI is InChI=1S/C15H18N2O3/c1-15(20-3,11-4-5-11)14(18)17-13-7-6-12(19-2)8-10(13)9-16/h6-8,11H,4-5H2,1-3H3,(H,17,18)/t15-/m1/s1. The first-order valence-corrected chi connectivity index (χ1v) is 6.50. The van der Waals surface area contributed by atoms with Gasteiger partial charge in [0.25, 0.3) is 5.91 Å². The number of hydrogen-bond acceptors (Lipinski definition) is 4. The van der Waals surface area contributed by atoms with Gasteiger partial charge in [0.15, 0.2) is 0 Å². The molecular weight excluding hydrogens is 256 g/mol. The molecule has 0 radical (unpaired) electrons. The molecule has 0 aliphatic heterocycles. The molecule has 0 heterocycles. The summed E-state index contributed by atoms with van der Waals surface area (Å²) in [5, 5.41) is 11.9. The van der Waals surface area contributed by atoms with Gasteiger partial charge >= 0.3 is 0 Å². The van der Waals surface area contributed by atoms with E-state index in [1.54, 1.807) is 25.1 Å². The lowest BCUT2D eigenvalue weighted by Gasteiger charge is -2.26. The van der Waals surface area contributed by atoms with Crippen LogP contribution in [0.25, 0.3) is 0 Å². The van der Waals surface area contributed by atoms with Crippen molar-refractivity contribution in [3.8, 4) is 11.8 Å². The van der Waals surface area contributed by atoms with Crippen LogP contribution in [0.2, 0.25) is 0 Å². The third-order valence-electron chi connectivity index (χ3n) is 3.83. The van der Waals surface area contributed by atoms with E-state index >= 15 is 0 Å². The van der Waals surface area contributed by atoms with Crippen LogP contribution in [0.1, 0.15) is 25.3 Å². The Morgan fingerprint density at radius 2 is 2.15 bits per heavy atom. The maximum Gasteiger partial charge on any atom is 0.256 e. The van der Waals surface area contributed by atoms with E-state index in [0.29, 0.717) is 17.0 Å². The van der Waals surface area contributed by atoms with E-state index in [0.717, 1.165) is 12.8 Å². The predicted octanol–water partition coefficient (Wildman–Crippen LogP) is 2.32. The van der Waals surface area contributed by atoms with Crippen LogP contribution >= 0.6 is 0 Å². The number of nitrogens with zero attached hydrogens (tertiary/aromatic N) is 1. The number of methoxy groups -OCH3 is 2. The van der Waals surface area contributed by atoms with Gasteiger partial charge in [-0.25, -0.2) is 0 Å². The van der Waals surface area contributed by atoms with Crippen LogP contribution in [0.4, 0.5) is 5.69 Å². The van der Waals surface area contributed by atoms with Gasteiger partial charge in [-0.2, -0.15) is 5.26 Å². The van der Waals surface area contributed by atoms with E-state index < -0.39 is 5.60 Å². The Bertz CT molecular complexity index is 561. The van der Waals surface area contributed by atoms with E-state index in [9.17, 15) is 4.79 Å². The molecule has 2 rings (SSSR count). The van der Waals surface area contributed by atoms with Gasteiger partial charge < -0.3 is 14.8 Å². The minimum absolute atomic E-state index is 0.218. The van der Waals surface area contributed by atoms with Gasteiger partial charge in [-0.3, -0.25) is 4.79 Å². The minimum atomic E-state index is -0.841. The highest BCUT2D eigenvalue weighted by molar-refractivity contribution is 5.98. The lowest BCUT2D eigenvalue weighted by molar-refractivity contribution is -0.138. The van der Waals surface area contributed by atoms with Crippen molar-refractivity contribution in [2.45, 2.75) is 25.4 Å². The fraction of sp³-hybridized carbons (Fsp3) is 0.467. The van der Waals surface area contributed by atoms with Crippen molar-refractivity contribution < 1.29 is 14.3 Å². The Morgan fingerprint density at radius 1 is 1.45 bits per heavy atom. The number of nitrogens with one attached hydrogen (secondary N) is 1. The lowest BCUT2D eigenvalue weighted by atomic mass is 9.98. The van der Waals surface area contributed by atoms with Crippen molar-refractivity contribution in [3.05, 3.63) is 23.8 Å². The van der Waals surface area contributed by atoms with Crippen molar-refractivity contribution in [2.24, 2.45) is 5.92 Å². The maximum absolute atomic E-state index is 12.4. The fourth-order valence-corrected chi connectivity index (χ4v) is 2.18. The van der Waals surface area contributed by atoms with Crippen LogP contribution in [-0.4, -0.2) is 25.7 Å². The smallest absolute Gasteiger partial charge is 0.256 e. The molecule has 5 nitrogen and oxygen atoms in total. The quantitative estimate of drug-likeness (QED) is 0.894. The second-order valence-electron chi connectivity index (χ2n) is 5.06. The summed E-state index contributed by atoms with van der Waals surface area (Å²) in [4.78, 5) is 12.4. The summed E-state index contributed by atoms with van der Waals surface area (Å²) < 4.78 is 10.5. The Balaban J connectivity index is 2.21. The molecule has 0 spiro atoms. The van der Waals surface area contributed by atoms with Gasteiger partial charge in [-0.15, -0.1) is 0 Å². The van der Waals surface area contributed by atoms with Crippen molar-refractivity contribution in [3.63, 3.8) is 0 Å². The molecule has 1 saturated carbocycles. The van der Waals surface area contributed by atoms with Crippen molar-refractivity contribution >= 4 is 11.6 Å². The molecule has 1 aromatic rings. The number of nitriles is 1. The highest BCUT2D eigenvalue weighted by atomic mass is 16.5. The molecule has 0 saturated heterocycles. The van der Waals surface area contributed by atoms with E-state index in [-0.39, 0.29) is 11.8 Å². The van der Waals surface area contributed by atoms with Crippen LogP contribution in [0.15, 0.2) is 18.2 Å². The van der Waals surface area contributed by atoms with Gasteiger partial charge in [0, 0.05) is 7.11 Å². The van der Waals surface area contributed by atoms with Crippen LogP contribution in [0, 0.1) is 17.2 Å². The zero-order chi connectivity index (χ0) is 14.8. The third kappa shape index (κ3) is 2.61. The molecule has 1 amide bonds. The topological polar surface area (TPSA) is 71.3 Å². The SMILES string of the molecule is COc1ccc(NC(=O)[C@](C)(OC)C2CC2)c(C#N)c1. The molecular formula is C15H18N2O3. The van der Waals surface area contributed by atoms with Crippen LogP contribution < -0.4 is 10.1 Å². The summed E-state index contributed by atoms with van der Waals surface area (Å²) in [5.41, 5.74) is 0.00121. The van der Waals surface area contributed by atoms with E-state index in [2.05, 4.69) is 11.4 Å². The monoisotopic (exact) mass is 274 g/mol. The zero-order valence-corrected chi connectivity index (χ0v) is 11.9. The third-order valence-corrected chi connectivity index (χ3v) is 3.83. The number of hydrogen-bond donors (Lipinski definition) is 1. The Labute approximate surface area is 118 Å². The largest absolute Gasteiger partial charge is 0.497 e. The van der Waals surface area contributed by atoms with Gasteiger partial charge in [0.2, 0.25) is 0 Å². The molecule has 5 heteroatoms. The molecule has 106 valence electrons. The molecule has 1 aromatic carbocycles. The Morgan fingerprint density at radius 3 is 2.65 bits per heavy atom. The Kier molecular flexibility index (Phi) is 3.96. The maximum atomic E-state index is 12.4. The van der Waals surface area contributed by atoms with Gasteiger partial charge in [0.05, 0.1) is 18.4 Å². The average Bonchev–Trinajstić information content (AvgIpc) is 3.31. The first-order chi connectivity index (χ1) is 9.55. The highest BCUT2D eigenvalue weighted by Crippen LogP contribution is 2.42. The zero-order valence-electron chi connectivity index (χ0n) is 11.9. The lowest BCUT2D eigenvalue weighted by Crippen LogP contribution is -2.44. The number of rotatable bonds is 5. The number of amides is 1. The second-order valence-corrected chi connectivity index (χ2v) is 5.06. The molecule has 0 aromatic heterocycles. The summed E-state index contributed by atoms with van der Waals surface area (Å²) in [7, 11) is 3.07. The number of anilines is 1. The molecule has 0 bridgehead atoms. The van der Waals surface area contributed by atoms with Gasteiger partial charge in [-0.1, -0.05) is 0 Å². The molecule has 1 atom stereocenters. The van der Waals surface area contributed by atoms with Gasteiger partial charge in [-0.05, 0) is 43.9 Å². The molecule has 20 heavy (non-hydrogen) atoms. The molecule has 0 unspecified atom stereocenters. The van der Waals surface area contributed by atoms with E-state index in [1.165, 1.54) is 14.2 Å². The van der Waals surface area contributed by atoms with Crippen molar-refractivity contribution in [2.75, 3.05) is 19.5 Å². The first-order valence-electron chi connectivity index (χ1n) is 6.50. The van der Waals surface area contributed by atoms with Crippen LogP contribution in [0.3, 0.4) is 0 Å². The number of carbonyl (C=O) groups is 1. The summed E-state index contributed by atoms with van der Waals surface area (Å²) in [5.74, 6) is 0.608. The fourth-order valence-electron chi connectivity index (χ4n) is 2.18. The van der Waals surface area contributed by atoms with Crippen LogP contribution in [-0.2, 0) is 9.53 Å².